The first-order chi connectivity index (χ1) is 8.13. The molecule has 17 heavy (non-hydrogen) atoms. The van der Waals surface area contributed by atoms with Crippen LogP contribution >= 0.6 is 11.3 Å². The van der Waals surface area contributed by atoms with Crippen molar-refractivity contribution in [1.82, 2.24) is 4.98 Å². The average molecular weight is 247 g/mol. The zero-order chi connectivity index (χ0) is 12.4. The standard InChI is InChI=1S/C13H13NO2S/c1-8-7-11(9(2)17-8)12(15)10-5-4-6-14-13(10)16-3/h4-7H,1-3H3. The minimum absolute atomic E-state index is 0.0307. The molecule has 0 unspecified atom stereocenters. The monoisotopic (exact) mass is 247 g/mol. The number of aromatic nitrogens is 1. The highest BCUT2D eigenvalue weighted by atomic mass is 32.1. The van der Waals surface area contributed by atoms with Gasteiger partial charge in [0.15, 0.2) is 5.78 Å². The maximum absolute atomic E-state index is 12.3. The van der Waals surface area contributed by atoms with Gasteiger partial charge in [-0.1, -0.05) is 0 Å². The molecular formula is C13H13NO2S. The van der Waals surface area contributed by atoms with Crippen LogP contribution in [-0.4, -0.2) is 17.9 Å². The van der Waals surface area contributed by atoms with Crippen molar-refractivity contribution in [2.75, 3.05) is 7.11 Å². The molecule has 0 fully saturated rings. The number of hydrogen-bond donors (Lipinski definition) is 0. The largest absolute Gasteiger partial charge is 0.480 e. The lowest BCUT2D eigenvalue weighted by Crippen LogP contribution is -2.05. The van der Waals surface area contributed by atoms with Crippen molar-refractivity contribution in [1.29, 1.82) is 0 Å². The molecule has 0 bridgehead atoms. The fourth-order valence-corrected chi connectivity index (χ4v) is 2.65. The second-order valence-corrected chi connectivity index (χ2v) is 5.18. The first-order valence-electron chi connectivity index (χ1n) is 5.24. The molecule has 0 spiro atoms. The number of nitrogens with zero attached hydrogens (tertiary/aromatic N) is 1. The van der Waals surface area contributed by atoms with Gasteiger partial charge in [0.2, 0.25) is 5.88 Å². The molecular weight excluding hydrogens is 234 g/mol. The lowest BCUT2D eigenvalue weighted by molar-refractivity contribution is 0.103. The summed E-state index contributed by atoms with van der Waals surface area (Å²) in [7, 11) is 1.52. The maximum atomic E-state index is 12.3. The van der Waals surface area contributed by atoms with Gasteiger partial charge < -0.3 is 4.74 Å². The van der Waals surface area contributed by atoms with E-state index >= 15 is 0 Å². The summed E-state index contributed by atoms with van der Waals surface area (Å²) in [5, 5.41) is 0. The summed E-state index contributed by atoms with van der Waals surface area (Å²) < 4.78 is 5.11. The third-order valence-electron chi connectivity index (χ3n) is 2.49. The smallest absolute Gasteiger partial charge is 0.224 e. The number of ether oxygens (including phenoxy) is 1. The van der Waals surface area contributed by atoms with E-state index in [9.17, 15) is 4.79 Å². The van der Waals surface area contributed by atoms with Crippen molar-refractivity contribution in [2.45, 2.75) is 13.8 Å². The number of aryl methyl sites for hydroxylation is 2. The summed E-state index contributed by atoms with van der Waals surface area (Å²) in [6.45, 7) is 3.95. The Morgan fingerprint density at radius 2 is 2.12 bits per heavy atom. The topological polar surface area (TPSA) is 39.2 Å². The molecule has 2 aromatic rings. The van der Waals surface area contributed by atoms with Crippen LogP contribution in [0.15, 0.2) is 24.4 Å². The van der Waals surface area contributed by atoms with E-state index in [0.717, 1.165) is 15.3 Å². The predicted molar refractivity (Wildman–Crippen MR) is 68.0 cm³/mol. The summed E-state index contributed by atoms with van der Waals surface area (Å²) in [4.78, 5) is 18.5. The van der Waals surface area contributed by atoms with Crippen molar-refractivity contribution >= 4 is 17.1 Å². The van der Waals surface area contributed by atoms with E-state index in [0.29, 0.717) is 11.4 Å². The number of ketones is 1. The highest BCUT2D eigenvalue weighted by Crippen LogP contribution is 2.25. The van der Waals surface area contributed by atoms with Crippen LogP contribution in [0.25, 0.3) is 0 Å². The number of carbonyl (C=O) groups is 1. The average Bonchev–Trinajstić information content (AvgIpc) is 2.67. The van der Waals surface area contributed by atoms with Gasteiger partial charge in [0.05, 0.1) is 12.7 Å². The van der Waals surface area contributed by atoms with Gasteiger partial charge in [0, 0.05) is 21.5 Å². The van der Waals surface area contributed by atoms with E-state index in [4.69, 9.17) is 4.74 Å². The fraction of sp³-hybridized carbons (Fsp3) is 0.231. The van der Waals surface area contributed by atoms with Crippen LogP contribution in [0.1, 0.15) is 25.7 Å². The molecule has 4 heteroatoms. The fourth-order valence-electron chi connectivity index (χ4n) is 1.73. The first-order valence-corrected chi connectivity index (χ1v) is 6.06. The Labute approximate surface area is 104 Å². The van der Waals surface area contributed by atoms with Gasteiger partial charge in [-0.25, -0.2) is 4.98 Å². The van der Waals surface area contributed by atoms with Gasteiger partial charge in [0.1, 0.15) is 0 Å². The third kappa shape index (κ3) is 2.22. The van der Waals surface area contributed by atoms with Crippen molar-refractivity contribution in [3.05, 3.63) is 45.3 Å². The highest BCUT2D eigenvalue weighted by Gasteiger charge is 2.18. The van der Waals surface area contributed by atoms with Crippen molar-refractivity contribution in [3.8, 4) is 5.88 Å². The Balaban J connectivity index is 2.47. The molecule has 2 aromatic heterocycles. The van der Waals surface area contributed by atoms with Gasteiger partial charge in [0.25, 0.3) is 0 Å². The zero-order valence-electron chi connectivity index (χ0n) is 9.98. The molecule has 0 aliphatic carbocycles. The molecule has 3 nitrogen and oxygen atoms in total. The van der Waals surface area contributed by atoms with E-state index < -0.39 is 0 Å². The molecule has 0 N–H and O–H groups in total. The molecule has 0 aliphatic heterocycles. The van der Waals surface area contributed by atoms with Crippen LogP contribution in [-0.2, 0) is 0 Å². The number of carbonyl (C=O) groups excluding carboxylic acids is 1. The first kappa shape index (κ1) is 11.8. The minimum atomic E-state index is -0.0307. The highest BCUT2D eigenvalue weighted by molar-refractivity contribution is 7.12. The normalized spacial score (nSPS) is 10.3. The molecule has 0 saturated heterocycles. The second-order valence-electron chi connectivity index (χ2n) is 3.72. The molecule has 0 amide bonds. The van der Waals surface area contributed by atoms with Crippen LogP contribution in [0, 0.1) is 13.8 Å². The predicted octanol–water partition coefficient (Wildman–Crippen LogP) is 3.00. The lowest BCUT2D eigenvalue weighted by atomic mass is 10.1. The minimum Gasteiger partial charge on any atom is -0.480 e. The summed E-state index contributed by atoms with van der Waals surface area (Å²) >= 11 is 1.62. The van der Waals surface area contributed by atoms with Gasteiger partial charge >= 0.3 is 0 Å². The number of rotatable bonds is 3. The molecule has 2 rings (SSSR count). The Kier molecular flexibility index (Phi) is 3.24. The summed E-state index contributed by atoms with van der Waals surface area (Å²) in [5.41, 5.74) is 1.25. The van der Waals surface area contributed by atoms with Crippen LogP contribution in [0.5, 0.6) is 5.88 Å². The molecule has 0 saturated carbocycles. The third-order valence-corrected chi connectivity index (χ3v) is 3.46. The van der Waals surface area contributed by atoms with E-state index in [-0.39, 0.29) is 5.78 Å². The van der Waals surface area contributed by atoms with E-state index in [1.54, 1.807) is 29.7 Å². The summed E-state index contributed by atoms with van der Waals surface area (Å²) in [6, 6.07) is 5.39. The van der Waals surface area contributed by atoms with Crippen LogP contribution in [0.4, 0.5) is 0 Å². The van der Waals surface area contributed by atoms with Crippen LogP contribution < -0.4 is 4.74 Å². The van der Waals surface area contributed by atoms with Crippen molar-refractivity contribution in [3.63, 3.8) is 0 Å². The number of pyridine rings is 1. The van der Waals surface area contributed by atoms with Crippen LogP contribution in [0.2, 0.25) is 0 Å². The van der Waals surface area contributed by atoms with Gasteiger partial charge in [-0.05, 0) is 32.0 Å². The van der Waals surface area contributed by atoms with Crippen molar-refractivity contribution < 1.29 is 9.53 Å². The molecule has 0 atom stereocenters. The van der Waals surface area contributed by atoms with E-state index in [2.05, 4.69) is 4.98 Å². The molecule has 0 aromatic carbocycles. The molecule has 0 aliphatic rings. The van der Waals surface area contributed by atoms with Gasteiger partial charge in [-0.2, -0.15) is 0 Å². The Hall–Kier alpha value is -1.68. The Morgan fingerprint density at radius 3 is 2.71 bits per heavy atom. The van der Waals surface area contributed by atoms with Gasteiger partial charge in [-0.3, -0.25) is 4.79 Å². The summed E-state index contributed by atoms with van der Waals surface area (Å²) in [6.07, 6.45) is 1.61. The molecule has 88 valence electrons. The number of hydrogen-bond acceptors (Lipinski definition) is 4. The Bertz CT molecular complexity index is 560. The number of thiophene rings is 1. The SMILES string of the molecule is COc1ncccc1C(=O)c1cc(C)sc1C. The second kappa shape index (κ2) is 4.67. The molecule has 2 heterocycles. The number of methoxy groups -OCH3 is 1. The van der Waals surface area contributed by atoms with Gasteiger partial charge in [-0.15, -0.1) is 11.3 Å². The van der Waals surface area contributed by atoms with E-state index in [1.807, 2.05) is 19.9 Å². The maximum Gasteiger partial charge on any atom is 0.224 e. The van der Waals surface area contributed by atoms with Crippen LogP contribution in [0.3, 0.4) is 0 Å². The molecule has 0 radical (unpaired) electrons. The lowest BCUT2D eigenvalue weighted by Gasteiger charge is -2.05. The zero-order valence-corrected chi connectivity index (χ0v) is 10.8. The van der Waals surface area contributed by atoms with E-state index in [1.165, 1.54) is 7.11 Å². The quantitative estimate of drug-likeness (QED) is 0.783. The Morgan fingerprint density at radius 1 is 1.35 bits per heavy atom. The van der Waals surface area contributed by atoms with Crippen molar-refractivity contribution in [2.24, 2.45) is 0 Å². The summed E-state index contributed by atoms with van der Waals surface area (Å²) in [5.74, 6) is 0.345.